The average molecular weight is 421 g/mol. The summed E-state index contributed by atoms with van der Waals surface area (Å²) in [5, 5.41) is 12.7. The van der Waals surface area contributed by atoms with E-state index in [-0.39, 0.29) is 35.5 Å². The van der Waals surface area contributed by atoms with E-state index in [4.69, 9.17) is 14.2 Å². The van der Waals surface area contributed by atoms with E-state index in [1.54, 1.807) is 4.90 Å². The number of fused-ring (bicyclic) bond motifs is 1. The summed E-state index contributed by atoms with van der Waals surface area (Å²) in [4.78, 5) is 16.7. The Bertz CT molecular complexity index is 700. The van der Waals surface area contributed by atoms with Gasteiger partial charge in [-0.25, -0.2) is 0 Å². The first-order chi connectivity index (χ1) is 14.1. The number of nitrogens with zero attached hydrogens (tertiary/aromatic N) is 3. The van der Waals surface area contributed by atoms with Crippen LogP contribution in [0.15, 0.2) is 0 Å². The number of nitrogens with one attached hydrogen (secondary N) is 1. The lowest BCUT2D eigenvalue weighted by molar-refractivity contribution is -0.207. The SMILES string of the molecule is CC1(NCC(=O)N2CCC[C@H]2C#N)CCN(C[C@H]2C[C@]3(C)OC(C)(C)O[C@H]3O2)CC1. The van der Waals surface area contributed by atoms with Crippen LogP contribution in [0.1, 0.15) is 59.8 Å². The van der Waals surface area contributed by atoms with Crippen LogP contribution in [-0.4, -0.2) is 83.8 Å². The van der Waals surface area contributed by atoms with Crippen LogP contribution in [0.25, 0.3) is 0 Å². The van der Waals surface area contributed by atoms with E-state index in [0.717, 1.165) is 51.7 Å². The van der Waals surface area contributed by atoms with Crippen LogP contribution in [0, 0.1) is 11.3 Å². The van der Waals surface area contributed by atoms with Crippen molar-refractivity contribution in [3.05, 3.63) is 0 Å². The van der Waals surface area contributed by atoms with E-state index < -0.39 is 5.79 Å². The lowest BCUT2D eigenvalue weighted by Crippen LogP contribution is -2.55. The largest absolute Gasteiger partial charge is 0.345 e. The van der Waals surface area contributed by atoms with Crippen LogP contribution in [0.3, 0.4) is 0 Å². The summed E-state index contributed by atoms with van der Waals surface area (Å²) in [7, 11) is 0. The lowest BCUT2D eigenvalue weighted by Gasteiger charge is -2.41. The van der Waals surface area contributed by atoms with Crippen LogP contribution in [0.4, 0.5) is 0 Å². The minimum absolute atomic E-state index is 0.0461. The van der Waals surface area contributed by atoms with Crippen LogP contribution >= 0.6 is 0 Å². The van der Waals surface area contributed by atoms with Gasteiger partial charge in [0.25, 0.3) is 0 Å². The Labute approximate surface area is 179 Å². The lowest BCUT2D eigenvalue weighted by atomic mass is 9.89. The van der Waals surface area contributed by atoms with E-state index in [2.05, 4.69) is 30.1 Å². The molecule has 4 saturated heterocycles. The van der Waals surface area contributed by atoms with Crippen molar-refractivity contribution < 1.29 is 19.0 Å². The molecule has 0 aromatic rings. The van der Waals surface area contributed by atoms with Gasteiger partial charge in [0.15, 0.2) is 12.1 Å². The number of carbonyl (C=O) groups excluding carboxylic acids is 1. The molecule has 0 spiro atoms. The first-order valence-electron chi connectivity index (χ1n) is 11.3. The second-order valence-electron chi connectivity index (χ2n) is 10.3. The molecule has 4 atom stereocenters. The van der Waals surface area contributed by atoms with Gasteiger partial charge in [0.05, 0.1) is 18.7 Å². The Morgan fingerprint density at radius 2 is 1.93 bits per heavy atom. The smallest absolute Gasteiger partial charge is 0.237 e. The topological polar surface area (TPSA) is 87.1 Å². The van der Waals surface area contributed by atoms with Crippen molar-refractivity contribution in [2.75, 3.05) is 32.7 Å². The molecule has 4 aliphatic rings. The van der Waals surface area contributed by atoms with Gasteiger partial charge in [0, 0.05) is 25.0 Å². The predicted molar refractivity (Wildman–Crippen MR) is 110 cm³/mol. The van der Waals surface area contributed by atoms with Gasteiger partial charge in [-0.1, -0.05) is 0 Å². The molecule has 1 N–H and O–H groups in total. The molecule has 0 aromatic carbocycles. The number of hydrogen-bond acceptors (Lipinski definition) is 7. The predicted octanol–water partition coefficient (Wildman–Crippen LogP) is 1.60. The highest BCUT2D eigenvalue weighted by Crippen LogP contribution is 2.45. The van der Waals surface area contributed by atoms with Gasteiger partial charge < -0.3 is 29.3 Å². The summed E-state index contributed by atoms with van der Waals surface area (Å²) < 4.78 is 18.2. The Kier molecular flexibility index (Phi) is 5.88. The summed E-state index contributed by atoms with van der Waals surface area (Å²) in [6.45, 7) is 12.0. The fraction of sp³-hybridized carbons (Fsp3) is 0.909. The number of carbonyl (C=O) groups is 1. The molecule has 0 radical (unpaired) electrons. The first kappa shape index (κ1) is 22.0. The third-order valence-corrected chi connectivity index (χ3v) is 7.13. The second-order valence-corrected chi connectivity index (χ2v) is 10.3. The number of hydrogen-bond donors (Lipinski definition) is 1. The van der Waals surface area contributed by atoms with Crippen molar-refractivity contribution in [3.8, 4) is 6.07 Å². The number of piperidine rings is 1. The first-order valence-corrected chi connectivity index (χ1v) is 11.3. The molecule has 0 bridgehead atoms. The molecule has 4 aliphatic heterocycles. The van der Waals surface area contributed by atoms with Crippen molar-refractivity contribution in [2.24, 2.45) is 0 Å². The molecule has 0 unspecified atom stereocenters. The zero-order valence-corrected chi connectivity index (χ0v) is 18.8. The summed E-state index contributed by atoms with van der Waals surface area (Å²) >= 11 is 0. The minimum Gasteiger partial charge on any atom is -0.345 e. The zero-order valence-electron chi connectivity index (χ0n) is 18.8. The van der Waals surface area contributed by atoms with Gasteiger partial charge in [-0.3, -0.25) is 4.79 Å². The monoisotopic (exact) mass is 420 g/mol. The molecule has 8 heteroatoms. The van der Waals surface area contributed by atoms with Gasteiger partial charge in [-0.15, -0.1) is 0 Å². The number of likely N-dealkylation sites (tertiary alicyclic amines) is 2. The van der Waals surface area contributed by atoms with Crippen LogP contribution in [-0.2, 0) is 19.0 Å². The van der Waals surface area contributed by atoms with E-state index in [1.807, 2.05) is 13.8 Å². The number of nitriles is 1. The third kappa shape index (κ3) is 4.51. The van der Waals surface area contributed by atoms with E-state index >= 15 is 0 Å². The standard InChI is InChI=1S/C22H36N4O4/c1-20(2)29-19-22(4,30-20)12-17(28-19)15-25-10-7-21(3,8-11-25)24-14-18(27)26-9-5-6-16(26)13-23/h16-17,19,24H,5-12,14-15H2,1-4H3/t16-,17+,19+,22-/m0/s1. The van der Waals surface area contributed by atoms with Gasteiger partial charge in [-0.2, -0.15) is 5.26 Å². The molecule has 0 saturated carbocycles. The quantitative estimate of drug-likeness (QED) is 0.723. The molecule has 0 aromatic heterocycles. The molecule has 0 aliphatic carbocycles. The van der Waals surface area contributed by atoms with Gasteiger partial charge >= 0.3 is 0 Å². The van der Waals surface area contributed by atoms with Crippen LogP contribution in [0.5, 0.6) is 0 Å². The van der Waals surface area contributed by atoms with Crippen molar-refractivity contribution in [1.82, 2.24) is 15.1 Å². The van der Waals surface area contributed by atoms with Crippen LogP contribution in [0.2, 0.25) is 0 Å². The molecular weight excluding hydrogens is 384 g/mol. The third-order valence-electron chi connectivity index (χ3n) is 7.13. The summed E-state index contributed by atoms with van der Waals surface area (Å²) in [5.74, 6) is -0.535. The van der Waals surface area contributed by atoms with E-state index in [9.17, 15) is 10.1 Å². The Morgan fingerprint density at radius 3 is 2.60 bits per heavy atom. The van der Waals surface area contributed by atoms with Gasteiger partial charge in [-0.05, 0) is 66.5 Å². The highest BCUT2D eigenvalue weighted by atomic mass is 16.8. The van der Waals surface area contributed by atoms with E-state index in [0.29, 0.717) is 13.1 Å². The number of rotatable bonds is 5. The van der Waals surface area contributed by atoms with Gasteiger partial charge in [0.2, 0.25) is 5.91 Å². The fourth-order valence-electron chi connectivity index (χ4n) is 5.39. The highest BCUT2D eigenvalue weighted by Gasteiger charge is 2.57. The summed E-state index contributed by atoms with van der Waals surface area (Å²) in [6.07, 6.45) is 4.36. The fourth-order valence-corrected chi connectivity index (χ4v) is 5.39. The van der Waals surface area contributed by atoms with Crippen molar-refractivity contribution >= 4 is 5.91 Å². The number of amides is 1. The second kappa shape index (κ2) is 8.03. The normalized spacial score (nSPS) is 37.8. The zero-order chi connectivity index (χ0) is 21.6. The molecule has 168 valence electrons. The molecule has 1 amide bonds. The average Bonchev–Trinajstić information content (AvgIpc) is 3.31. The highest BCUT2D eigenvalue weighted by molar-refractivity contribution is 5.79. The molecule has 30 heavy (non-hydrogen) atoms. The maximum atomic E-state index is 12.5. The maximum Gasteiger partial charge on any atom is 0.237 e. The van der Waals surface area contributed by atoms with Crippen molar-refractivity contribution in [3.63, 3.8) is 0 Å². The Hall–Kier alpha value is -1.24. The maximum absolute atomic E-state index is 12.5. The van der Waals surface area contributed by atoms with Crippen molar-refractivity contribution in [2.45, 2.75) is 95.2 Å². The minimum atomic E-state index is -0.581. The summed E-state index contributed by atoms with van der Waals surface area (Å²) in [6, 6.07) is 2.00. The Morgan fingerprint density at radius 1 is 1.20 bits per heavy atom. The van der Waals surface area contributed by atoms with Crippen LogP contribution < -0.4 is 5.32 Å². The molecular formula is C22H36N4O4. The summed E-state index contributed by atoms with van der Waals surface area (Å²) in [5.41, 5.74) is -0.416. The molecule has 4 rings (SSSR count). The number of ether oxygens (including phenoxy) is 3. The van der Waals surface area contributed by atoms with E-state index in [1.165, 1.54) is 0 Å². The molecule has 8 nitrogen and oxygen atoms in total. The van der Waals surface area contributed by atoms with Crippen molar-refractivity contribution in [1.29, 1.82) is 5.26 Å². The Balaban J connectivity index is 1.21. The molecule has 4 heterocycles. The van der Waals surface area contributed by atoms with Gasteiger partial charge in [0.1, 0.15) is 11.6 Å². The molecule has 4 fully saturated rings.